The van der Waals surface area contributed by atoms with Crippen LogP contribution in [-0.4, -0.2) is 18.6 Å². The number of thiazole rings is 1. The van der Waals surface area contributed by atoms with E-state index in [0.29, 0.717) is 0 Å². The molecule has 2 rings (SSSR count). The lowest BCUT2D eigenvalue weighted by molar-refractivity contribution is -1.03. The summed E-state index contributed by atoms with van der Waals surface area (Å²) in [6, 6.07) is 0. The second-order valence-electron chi connectivity index (χ2n) is 2.68. The minimum Gasteiger partial charge on any atom is -0.235 e. The predicted molar refractivity (Wildman–Crippen MR) is 48.4 cm³/mol. The Bertz CT molecular complexity index is 319. The molecule has 12 heavy (non-hydrogen) atoms. The minimum absolute atomic E-state index is 0.894. The van der Waals surface area contributed by atoms with Crippen LogP contribution in [0.3, 0.4) is 0 Å². The first-order chi connectivity index (χ1) is 5.81. The Balaban J connectivity index is 2.44. The molecule has 2 heterocycles. The quantitative estimate of drug-likeness (QED) is 0.688. The van der Waals surface area contributed by atoms with Gasteiger partial charge in [-0.2, -0.15) is 0 Å². The highest BCUT2D eigenvalue weighted by atomic mass is 32.1. The summed E-state index contributed by atoms with van der Waals surface area (Å²) in [4.78, 5) is 9.65. The van der Waals surface area contributed by atoms with E-state index < -0.39 is 0 Å². The second-order valence-corrected chi connectivity index (χ2v) is 3.88. The van der Waals surface area contributed by atoms with Crippen LogP contribution in [0.4, 0.5) is 5.00 Å². The highest BCUT2D eigenvalue weighted by Crippen LogP contribution is 2.22. The molecule has 3 nitrogen and oxygen atoms in total. The standard InChI is InChI=1S/C8H10N2OS/c1-6-9-7-4-3-5-10(11-2)8(7)12-6/h3-4H,5H2,1-2H3/p+1. The summed E-state index contributed by atoms with van der Waals surface area (Å²) < 4.78 is 0. The van der Waals surface area contributed by atoms with Crippen molar-refractivity contribution in [2.75, 3.05) is 13.7 Å². The first-order valence-electron chi connectivity index (χ1n) is 3.85. The lowest BCUT2D eigenvalue weighted by Crippen LogP contribution is -3.06. The van der Waals surface area contributed by atoms with Gasteiger partial charge in [-0.25, -0.2) is 9.82 Å². The third kappa shape index (κ3) is 1.18. The fourth-order valence-corrected chi connectivity index (χ4v) is 2.24. The van der Waals surface area contributed by atoms with Crippen LogP contribution >= 0.6 is 11.3 Å². The van der Waals surface area contributed by atoms with Crippen LogP contribution in [0, 0.1) is 6.92 Å². The first-order valence-corrected chi connectivity index (χ1v) is 4.67. The largest absolute Gasteiger partial charge is 0.247 e. The van der Waals surface area contributed by atoms with Crippen LogP contribution in [0.5, 0.6) is 0 Å². The van der Waals surface area contributed by atoms with Gasteiger partial charge in [-0.05, 0) is 19.1 Å². The molecule has 0 aromatic carbocycles. The maximum atomic E-state index is 5.27. The Labute approximate surface area is 75.2 Å². The number of hydrogen-bond acceptors (Lipinski definition) is 3. The molecule has 0 fully saturated rings. The van der Waals surface area contributed by atoms with E-state index >= 15 is 0 Å². The maximum Gasteiger partial charge on any atom is 0.247 e. The number of aromatic nitrogens is 1. The molecule has 0 spiro atoms. The molecule has 1 aromatic rings. The second kappa shape index (κ2) is 2.97. The lowest BCUT2D eigenvalue weighted by atomic mass is 10.3. The van der Waals surface area contributed by atoms with Gasteiger partial charge in [0.1, 0.15) is 12.2 Å². The Morgan fingerprint density at radius 1 is 1.67 bits per heavy atom. The van der Waals surface area contributed by atoms with Crippen LogP contribution in [-0.2, 0) is 4.84 Å². The van der Waals surface area contributed by atoms with Crippen molar-refractivity contribution in [2.45, 2.75) is 6.92 Å². The zero-order valence-electron chi connectivity index (χ0n) is 7.13. The number of nitrogens with zero attached hydrogens (tertiary/aromatic N) is 1. The smallest absolute Gasteiger partial charge is 0.235 e. The van der Waals surface area contributed by atoms with Crippen LogP contribution in [0.2, 0.25) is 0 Å². The molecule has 1 N–H and O–H groups in total. The van der Waals surface area contributed by atoms with Gasteiger partial charge in [0.05, 0.1) is 12.1 Å². The summed E-state index contributed by atoms with van der Waals surface area (Å²) in [5.74, 6) is 0. The molecule has 0 bridgehead atoms. The van der Waals surface area contributed by atoms with Gasteiger partial charge in [0.25, 0.3) is 0 Å². The van der Waals surface area contributed by atoms with Gasteiger partial charge in [-0.1, -0.05) is 11.3 Å². The highest BCUT2D eigenvalue weighted by molar-refractivity contribution is 7.15. The van der Waals surface area contributed by atoms with E-state index in [2.05, 4.69) is 17.1 Å². The van der Waals surface area contributed by atoms with Crippen molar-refractivity contribution in [3.8, 4) is 0 Å². The summed E-state index contributed by atoms with van der Waals surface area (Å²) in [6.45, 7) is 2.91. The molecule has 64 valence electrons. The number of fused-ring (bicyclic) bond motifs is 1. The lowest BCUT2D eigenvalue weighted by Gasteiger charge is -2.13. The van der Waals surface area contributed by atoms with Crippen molar-refractivity contribution < 1.29 is 9.90 Å². The molecule has 1 aliphatic heterocycles. The van der Waals surface area contributed by atoms with Crippen LogP contribution in [0.25, 0.3) is 6.08 Å². The van der Waals surface area contributed by atoms with Crippen molar-refractivity contribution in [3.05, 3.63) is 16.8 Å². The van der Waals surface area contributed by atoms with Crippen LogP contribution in [0.1, 0.15) is 10.7 Å². The highest BCUT2D eigenvalue weighted by Gasteiger charge is 2.22. The summed E-state index contributed by atoms with van der Waals surface area (Å²) >= 11 is 1.70. The third-order valence-corrected chi connectivity index (χ3v) is 2.87. The molecule has 1 aliphatic rings. The van der Waals surface area contributed by atoms with Gasteiger partial charge in [0.15, 0.2) is 0 Å². The van der Waals surface area contributed by atoms with E-state index in [0.717, 1.165) is 22.3 Å². The summed E-state index contributed by atoms with van der Waals surface area (Å²) in [5.41, 5.74) is 1.06. The number of hydrogen-bond donors (Lipinski definition) is 1. The van der Waals surface area contributed by atoms with E-state index in [1.54, 1.807) is 18.4 Å². The average Bonchev–Trinajstić information content (AvgIpc) is 2.44. The number of aryl methyl sites for hydroxylation is 1. The topological polar surface area (TPSA) is 26.6 Å². The van der Waals surface area contributed by atoms with Gasteiger partial charge in [0.2, 0.25) is 5.00 Å². The zero-order valence-corrected chi connectivity index (χ0v) is 7.94. The molecule has 4 heteroatoms. The number of nitrogens with one attached hydrogen (secondary N) is 1. The fourth-order valence-electron chi connectivity index (χ4n) is 1.30. The van der Waals surface area contributed by atoms with Gasteiger partial charge >= 0.3 is 0 Å². The maximum absolute atomic E-state index is 5.27. The van der Waals surface area contributed by atoms with Crippen LogP contribution < -0.4 is 5.06 Å². The van der Waals surface area contributed by atoms with Gasteiger partial charge in [0, 0.05) is 0 Å². The molecule has 1 unspecified atom stereocenters. The molecular weight excluding hydrogens is 172 g/mol. The van der Waals surface area contributed by atoms with E-state index in [1.165, 1.54) is 5.00 Å². The summed E-state index contributed by atoms with van der Waals surface area (Å²) in [6.07, 6.45) is 4.14. The molecule has 1 atom stereocenters. The molecule has 0 radical (unpaired) electrons. The number of rotatable bonds is 1. The first kappa shape index (κ1) is 7.91. The van der Waals surface area contributed by atoms with Crippen molar-refractivity contribution >= 4 is 22.4 Å². The normalized spacial score (nSPS) is 21.0. The minimum atomic E-state index is 0.894. The Hall–Kier alpha value is -0.710. The van der Waals surface area contributed by atoms with E-state index in [1.807, 2.05) is 6.92 Å². The molecule has 0 aliphatic carbocycles. The van der Waals surface area contributed by atoms with Crippen molar-refractivity contribution in [3.63, 3.8) is 0 Å². The number of hydroxylamine groups is 1. The van der Waals surface area contributed by atoms with E-state index in [9.17, 15) is 0 Å². The van der Waals surface area contributed by atoms with Crippen LogP contribution in [0.15, 0.2) is 6.08 Å². The molecule has 0 saturated heterocycles. The Morgan fingerprint density at radius 2 is 2.50 bits per heavy atom. The average molecular weight is 183 g/mol. The van der Waals surface area contributed by atoms with Gasteiger partial charge < -0.3 is 0 Å². The fraction of sp³-hybridized carbons (Fsp3) is 0.375. The zero-order chi connectivity index (χ0) is 8.55. The predicted octanol–water partition coefficient (Wildman–Crippen LogP) is 0.556. The SMILES string of the molecule is CO[NH+]1CC=Cc2nc(C)sc21. The monoisotopic (exact) mass is 183 g/mol. The Morgan fingerprint density at radius 3 is 3.25 bits per heavy atom. The molecular formula is C8H11N2OS+. The van der Waals surface area contributed by atoms with Crippen molar-refractivity contribution in [2.24, 2.45) is 0 Å². The molecule has 0 amide bonds. The Kier molecular flexibility index (Phi) is 1.96. The third-order valence-electron chi connectivity index (χ3n) is 1.84. The van der Waals surface area contributed by atoms with E-state index in [-0.39, 0.29) is 0 Å². The molecule has 1 aromatic heterocycles. The van der Waals surface area contributed by atoms with Crippen molar-refractivity contribution in [1.29, 1.82) is 0 Å². The summed E-state index contributed by atoms with van der Waals surface area (Å²) in [7, 11) is 1.72. The number of quaternary nitrogens is 1. The van der Waals surface area contributed by atoms with Gasteiger partial charge in [-0.15, -0.1) is 5.06 Å². The van der Waals surface area contributed by atoms with Gasteiger partial charge in [-0.3, -0.25) is 0 Å². The summed E-state index contributed by atoms with van der Waals surface area (Å²) in [5, 5.41) is 3.33. The van der Waals surface area contributed by atoms with E-state index in [4.69, 9.17) is 4.84 Å². The molecule has 0 saturated carbocycles. The van der Waals surface area contributed by atoms with Crippen molar-refractivity contribution in [1.82, 2.24) is 4.98 Å².